The lowest BCUT2D eigenvalue weighted by Gasteiger charge is -2.19. The number of nitrogens with zero attached hydrogens (tertiary/aromatic N) is 6. The van der Waals surface area contributed by atoms with Crippen LogP contribution in [0.25, 0.3) is 11.0 Å². The zero-order valence-electron chi connectivity index (χ0n) is 21.2. The van der Waals surface area contributed by atoms with E-state index in [-0.39, 0.29) is 18.6 Å². The number of pyridine rings is 1. The fraction of sp³-hybridized carbons (Fsp3) is 0.600. The van der Waals surface area contributed by atoms with Crippen molar-refractivity contribution in [2.75, 3.05) is 50.9 Å². The molecule has 3 aromatic heterocycles. The summed E-state index contributed by atoms with van der Waals surface area (Å²) in [7, 11) is 1.69. The summed E-state index contributed by atoms with van der Waals surface area (Å²) in [6.45, 7) is 8.01. The first-order valence-electron chi connectivity index (χ1n) is 12.9. The van der Waals surface area contributed by atoms with Gasteiger partial charge in [-0.25, -0.2) is 4.98 Å². The average Bonchev–Trinajstić information content (AvgIpc) is 3.56. The summed E-state index contributed by atoms with van der Waals surface area (Å²) in [4.78, 5) is 16.1. The van der Waals surface area contributed by atoms with Crippen LogP contribution in [0.3, 0.4) is 0 Å². The van der Waals surface area contributed by atoms with Crippen LogP contribution in [0.5, 0.6) is 5.75 Å². The quantitative estimate of drug-likeness (QED) is 0.309. The van der Waals surface area contributed by atoms with Crippen LogP contribution in [0.15, 0.2) is 18.5 Å². The van der Waals surface area contributed by atoms with Crippen LogP contribution in [0, 0.1) is 11.8 Å². The Bertz CT molecular complexity index is 1170. The largest absolute Gasteiger partial charge is 0.496 e. The molecule has 2 aliphatic rings. The number of nitrogens with two attached hydrogens (primary N) is 1. The van der Waals surface area contributed by atoms with E-state index in [9.17, 15) is 5.11 Å². The molecule has 3 aromatic rings. The van der Waals surface area contributed by atoms with Crippen LogP contribution in [0.4, 0.5) is 11.8 Å². The molecule has 36 heavy (non-hydrogen) atoms. The second kappa shape index (κ2) is 10.9. The zero-order valence-corrected chi connectivity index (χ0v) is 21.2. The van der Waals surface area contributed by atoms with E-state index in [1.807, 2.05) is 16.9 Å². The maximum atomic E-state index is 9.49. The number of methoxy groups -OCH3 is 1. The first-order valence-corrected chi connectivity index (χ1v) is 12.9. The Kier molecular flexibility index (Phi) is 7.49. The third kappa shape index (κ3) is 5.23. The number of fused-ring (bicyclic) bond motifs is 2. The van der Waals surface area contributed by atoms with E-state index in [1.165, 1.54) is 0 Å². The second-order valence-electron chi connectivity index (χ2n) is 9.97. The van der Waals surface area contributed by atoms with E-state index in [2.05, 4.69) is 37.5 Å². The molecule has 11 heteroatoms. The van der Waals surface area contributed by atoms with Crippen LogP contribution < -0.4 is 21.1 Å². The van der Waals surface area contributed by atoms with Crippen molar-refractivity contribution in [2.45, 2.75) is 45.3 Å². The van der Waals surface area contributed by atoms with Gasteiger partial charge in [0.15, 0.2) is 5.82 Å². The van der Waals surface area contributed by atoms with Gasteiger partial charge in [0.1, 0.15) is 16.8 Å². The lowest BCUT2D eigenvalue weighted by molar-refractivity contribution is 0.276. The van der Waals surface area contributed by atoms with Gasteiger partial charge < -0.3 is 26.2 Å². The predicted octanol–water partition coefficient (Wildman–Crippen LogP) is 1.47. The monoisotopic (exact) mass is 495 g/mol. The van der Waals surface area contributed by atoms with E-state index < -0.39 is 0 Å². The molecule has 2 saturated heterocycles. The first-order chi connectivity index (χ1) is 17.6. The highest BCUT2D eigenvalue weighted by Crippen LogP contribution is 2.29. The van der Waals surface area contributed by atoms with Gasteiger partial charge in [0.2, 0.25) is 5.95 Å². The van der Waals surface area contributed by atoms with Crippen molar-refractivity contribution in [2.24, 2.45) is 11.8 Å². The summed E-state index contributed by atoms with van der Waals surface area (Å²) in [6, 6.07) is 2.12. The highest BCUT2D eigenvalue weighted by atomic mass is 16.5. The van der Waals surface area contributed by atoms with Crippen molar-refractivity contribution in [1.82, 2.24) is 34.9 Å². The number of hydrogen-bond acceptors (Lipinski definition) is 10. The van der Waals surface area contributed by atoms with Gasteiger partial charge >= 0.3 is 0 Å². The standard InChI is InChI=1S/C25H37N9O2/c1-3-4-19(5-6-35)30-24-23-21(31-25(26)32-24)11-29-34(23)14-18-10-28-20(7-22(18)36-2)15-33-12-16-8-27-9-17(16)13-33/h7,10-11,16-17,19,27,35H,3-6,8-9,12-15H2,1-2H3,(H3,26,30,31,32)/t16-,17+,19-/m0/s1. The maximum absolute atomic E-state index is 9.49. The minimum atomic E-state index is 0.0808. The van der Waals surface area contributed by atoms with Crippen LogP contribution in [-0.4, -0.2) is 80.7 Å². The SMILES string of the molecule is CCC[C@@H](CCO)Nc1nc(N)nc2cnn(Cc3cnc(CN4C[C@H]5CNC[C@H]5C4)cc3OC)c12. The molecule has 0 radical (unpaired) electrons. The fourth-order valence-corrected chi connectivity index (χ4v) is 5.60. The summed E-state index contributed by atoms with van der Waals surface area (Å²) in [5.74, 6) is 3.12. The Morgan fingerprint density at radius 3 is 2.72 bits per heavy atom. The normalized spacial score (nSPS) is 20.6. The topological polar surface area (TPSA) is 139 Å². The summed E-state index contributed by atoms with van der Waals surface area (Å²) < 4.78 is 7.61. The van der Waals surface area contributed by atoms with Crippen molar-refractivity contribution in [3.8, 4) is 5.75 Å². The Balaban J connectivity index is 1.37. The molecule has 0 unspecified atom stereocenters. The molecule has 2 aliphatic heterocycles. The third-order valence-corrected chi connectivity index (χ3v) is 7.35. The molecule has 0 amide bonds. The van der Waals surface area contributed by atoms with E-state index >= 15 is 0 Å². The molecule has 2 fully saturated rings. The Hall–Kier alpha value is -3.02. The molecule has 5 N–H and O–H groups in total. The van der Waals surface area contributed by atoms with Crippen LogP contribution in [0.2, 0.25) is 0 Å². The van der Waals surface area contributed by atoms with E-state index in [0.29, 0.717) is 24.3 Å². The van der Waals surface area contributed by atoms with Gasteiger partial charge in [-0.2, -0.15) is 10.1 Å². The summed E-state index contributed by atoms with van der Waals surface area (Å²) in [6.07, 6.45) is 6.12. The first kappa shape index (κ1) is 24.7. The molecule has 5 heterocycles. The number of likely N-dealkylation sites (tertiary alicyclic amines) is 1. The van der Waals surface area contributed by atoms with Gasteiger partial charge in [-0.05, 0) is 37.8 Å². The van der Waals surface area contributed by atoms with Gasteiger partial charge in [0, 0.05) is 50.1 Å². The number of nitrogen functional groups attached to an aromatic ring is 1. The zero-order chi connectivity index (χ0) is 25.1. The molecule has 194 valence electrons. The van der Waals surface area contributed by atoms with Crippen molar-refractivity contribution in [3.63, 3.8) is 0 Å². The maximum Gasteiger partial charge on any atom is 0.222 e. The number of aromatic nitrogens is 5. The predicted molar refractivity (Wildman–Crippen MR) is 139 cm³/mol. The molecule has 3 atom stereocenters. The number of aliphatic hydroxyl groups is 1. The Morgan fingerprint density at radius 2 is 2.00 bits per heavy atom. The molecule has 11 nitrogen and oxygen atoms in total. The Morgan fingerprint density at radius 1 is 1.19 bits per heavy atom. The van der Waals surface area contributed by atoms with Gasteiger partial charge in [-0.15, -0.1) is 0 Å². The molecule has 0 spiro atoms. The van der Waals surface area contributed by atoms with Gasteiger partial charge in [0.05, 0.1) is 25.5 Å². The second-order valence-corrected chi connectivity index (χ2v) is 9.97. The van der Waals surface area contributed by atoms with Gasteiger partial charge in [0.25, 0.3) is 0 Å². The highest BCUT2D eigenvalue weighted by Gasteiger charge is 2.36. The van der Waals surface area contributed by atoms with Crippen LogP contribution in [-0.2, 0) is 13.1 Å². The molecule has 0 bridgehead atoms. The van der Waals surface area contributed by atoms with E-state index in [0.717, 1.165) is 79.9 Å². The van der Waals surface area contributed by atoms with Gasteiger partial charge in [-0.3, -0.25) is 14.6 Å². The number of aliphatic hydroxyl groups excluding tert-OH is 1. The van der Waals surface area contributed by atoms with E-state index in [1.54, 1.807) is 13.3 Å². The lowest BCUT2D eigenvalue weighted by Crippen LogP contribution is -2.25. The number of ether oxygens (including phenoxy) is 1. The third-order valence-electron chi connectivity index (χ3n) is 7.35. The van der Waals surface area contributed by atoms with Crippen molar-refractivity contribution in [1.29, 1.82) is 0 Å². The molecule has 0 aromatic carbocycles. The van der Waals surface area contributed by atoms with E-state index in [4.69, 9.17) is 15.5 Å². The lowest BCUT2D eigenvalue weighted by atomic mass is 10.0. The minimum Gasteiger partial charge on any atom is -0.496 e. The molecule has 5 rings (SSSR count). The summed E-state index contributed by atoms with van der Waals surface area (Å²) >= 11 is 0. The number of rotatable bonds is 11. The average molecular weight is 496 g/mol. The fourth-order valence-electron chi connectivity index (χ4n) is 5.60. The van der Waals surface area contributed by atoms with Crippen LogP contribution >= 0.6 is 0 Å². The number of anilines is 2. The van der Waals surface area contributed by atoms with Gasteiger partial charge in [-0.1, -0.05) is 13.3 Å². The number of nitrogens with one attached hydrogen (secondary N) is 2. The van der Waals surface area contributed by atoms with Crippen molar-refractivity contribution in [3.05, 3.63) is 29.7 Å². The van der Waals surface area contributed by atoms with Crippen molar-refractivity contribution < 1.29 is 9.84 Å². The summed E-state index contributed by atoms with van der Waals surface area (Å²) in [5.41, 5.74) is 9.36. The molecular weight excluding hydrogens is 458 g/mol. The number of hydrogen-bond donors (Lipinski definition) is 4. The smallest absolute Gasteiger partial charge is 0.222 e. The summed E-state index contributed by atoms with van der Waals surface area (Å²) in [5, 5.41) is 21.0. The molecule has 0 aliphatic carbocycles. The Labute approximate surface area is 211 Å². The molecular formula is C25H37N9O2. The minimum absolute atomic E-state index is 0.0808. The van der Waals surface area contributed by atoms with Crippen LogP contribution in [0.1, 0.15) is 37.4 Å². The van der Waals surface area contributed by atoms with Crippen molar-refractivity contribution >= 4 is 22.8 Å². The molecule has 0 saturated carbocycles. The highest BCUT2D eigenvalue weighted by molar-refractivity contribution is 5.86.